The predicted molar refractivity (Wildman–Crippen MR) is 119 cm³/mol. The van der Waals surface area contributed by atoms with Crippen molar-refractivity contribution >= 4 is 22.5 Å². The molecule has 0 saturated heterocycles. The maximum atomic E-state index is 13.6. The van der Waals surface area contributed by atoms with E-state index in [2.05, 4.69) is 10.00 Å². The van der Waals surface area contributed by atoms with E-state index >= 15 is 0 Å². The number of aryl methyl sites for hydroxylation is 2. The van der Waals surface area contributed by atoms with Gasteiger partial charge in [-0.1, -0.05) is 38.5 Å². The lowest BCUT2D eigenvalue weighted by molar-refractivity contribution is -0.139. The first kappa shape index (κ1) is 20.3. The van der Waals surface area contributed by atoms with Crippen molar-refractivity contribution in [1.82, 2.24) is 19.1 Å². The molecule has 31 heavy (non-hydrogen) atoms. The summed E-state index contributed by atoms with van der Waals surface area (Å²) in [6.45, 7) is 3.77. The third-order valence-corrected chi connectivity index (χ3v) is 7.16. The van der Waals surface area contributed by atoms with Crippen LogP contribution in [0, 0.1) is 13.8 Å². The average Bonchev–Trinajstić information content (AvgIpc) is 3.30. The van der Waals surface area contributed by atoms with Crippen LogP contribution in [0.15, 0.2) is 21.3 Å². The quantitative estimate of drug-likeness (QED) is 0.624. The molecule has 0 atom stereocenters. The van der Waals surface area contributed by atoms with Crippen molar-refractivity contribution in [3.05, 3.63) is 34.1 Å². The van der Waals surface area contributed by atoms with E-state index in [1.165, 1.54) is 43.2 Å². The van der Waals surface area contributed by atoms with Gasteiger partial charge in [0.05, 0.1) is 5.52 Å². The summed E-state index contributed by atoms with van der Waals surface area (Å²) < 4.78 is 8.90. The Labute approximate surface area is 182 Å². The maximum Gasteiger partial charge on any atom is 0.291 e. The fourth-order valence-corrected chi connectivity index (χ4v) is 5.76. The third-order valence-electron chi connectivity index (χ3n) is 7.16. The normalized spacial score (nSPS) is 18.8. The Bertz CT molecular complexity index is 1140. The molecule has 0 spiro atoms. The van der Waals surface area contributed by atoms with Crippen LogP contribution in [-0.2, 0) is 11.3 Å². The van der Waals surface area contributed by atoms with Gasteiger partial charge in [0.15, 0.2) is 5.58 Å². The molecule has 3 heterocycles. The molecule has 0 N–H and O–H groups in total. The summed E-state index contributed by atoms with van der Waals surface area (Å²) in [7, 11) is 0. The van der Waals surface area contributed by atoms with Crippen molar-refractivity contribution in [1.29, 1.82) is 0 Å². The minimum absolute atomic E-state index is 0.00867. The highest BCUT2D eigenvalue weighted by Gasteiger charge is 2.33. The molecule has 2 aliphatic carbocycles. The number of carbonyl (C=O) groups excluding carboxylic acids is 1. The molecule has 0 aromatic carbocycles. The minimum atomic E-state index is -0.241. The van der Waals surface area contributed by atoms with Gasteiger partial charge in [-0.15, -0.1) is 0 Å². The van der Waals surface area contributed by atoms with Gasteiger partial charge in [0.25, 0.3) is 5.56 Å². The molecule has 7 nitrogen and oxygen atoms in total. The average molecular weight is 425 g/mol. The van der Waals surface area contributed by atoms with Gasteiger partial charge in [-0.05, 0) is 39.5 Å². The first-order chi connectivity index (χ1) is 15.0. The van der Waals surface area contributed by atoms with Crippen molar-refractivity contribution in [3.63, 3.8) is 0 Å². The van der Waals surface area contributed by atoms with Crippen LogP contribution in [0.2, 0.25) is 0 Å². The topological polar surface area (TPSA) is 72.8 Å². The summed E-state index contributed by atoms with van der Waals surface area (Å²) in [5.41, 5.74) is 1.79. The van der Waals surface area contributed by atoms with Gasteiger partial charge in [0.1, 0.15) is 23.6 Å². The van der Waals surface area contributed by atoms with Crippen LogP contribution in [0.1, 0.15) is 75.8 Å². The zero-order chi connectivity index (χ0) is 21.5. The number of rotatable bonds is 4. The van der Waals surface area contributed by atoms with Gasteiger partial charge in [-0.25, -0.2) is 4.68 Å². The monoisotopic (exact) mass is 424 g/mol. The van der Waals surface area contributed by atoms with Gasteiger partial charge < -0.3 is 9.32 Å². The van der Waals surface area contributed by atoms with Crippen LogP contribution in [0.25, 0.3) is 16.6 Å². The van der Waals surface area contributed by atoms with Crippen molar-refractivity contribution < 1.29 is 9.21 Å². The Kier molecular flexibility index (Phi) is 5.36. The molecule has 7 heteroatoms. The van der Waals surface area contributed by atoms with Crippen molar-refractivity contribution in [2.75, 3.05) is 0 Å². The van der Waals surface area contributed by atoms with E-state index in [0.717, 1.165) is 37.0 Å². The first-order valence-corrected chi connectivity index (χ1v) is 11.8. The SMILES string of the molecule is Cc1cc2c(cc3c(=O)n(CC(=O)N(C4CCCCC4)C4CCCCC4)nc(C)n32)o1. The molecule has 2 fully saturated rings. The van der Waals surface area contributed by atoms with Gasteiger partial charge in [-0.3, -0.25) is 14.0 Å². The molecule has 0 bridgehead atoms. The van der Waals surface area contributed by atoms with E-state index in [-0.39, 0.29) is 18.0 Å². The second-order valence-electron chi connectivity index (χ2n) is 9.37. The minimum Gasteiger partial charge on any atom is -0.460 e. The number of carbonyl (C=O) groups is 1. The second kappa shape index (κ2) is 8.17. The van der Waals surface area contributed by atoms with Crippen LogP contribution < -0.4 is 5.56 Å². The fraction of sp³-hybridized carbons (Fsp3) is 0.625. The lowest BCUT2D eigenvalue weighted by atomic mass is 9.88. The standard InChI is InChI=1S/C24H32N4O3/c1-16-13-20-22(31-16)14-21-24(30)26(25-17(2)27(20)21)15-23(29)28(18-9-5-3-6-10-18)19-11-7-4-8-12-19/h13-14,18-19H,3-12,15H2,1-2H3. The van der Waals surface area contributed by atoms with E-state index in [1.807, 2.05) is 24.3 Å². The number of nitrogens with zero attached hydrogens (tertiary/aromatic N) is 4. The number of hydrogen-bond donors (Lipinski definition) is 0. The highest BCUT2D eigenvalue weighted by Crippen LogP contribution is 2.30. The van der Waals surface area contributed by atoms with Crippen LogP contribution in [0.4, 0.5) is 0 Å². The van der Waals surface area contributed by atoms with Gasteiger partial charge in [0.2, 0.25) is 5.91 Å². The Balaban J connectivity index is 1.48. The van der Waals surface area contributed by atoms with Crippen molar-refractivity contribution in [3.8, 4) is 0 Å². The summed E-state index contributed by atoms with van der Waals surface area (Å²) in [6.07, 6.45) is 11.6. The predicted octanol–water partition coefficient (Wildman–Crippen LogP) is 4.35. The Hall–Kier alpha value is -2.57. The van der Waals surface area contributed by atoms with E-state index in [0.29, 0.717) is 29.0 Å². The van der Waals surface area contributed by atoms with E-state index < -0.39 is 0 Å². The highest BCUT2D eigenvalue weighted by atomic mass is 16.3. The van der Waals surface area contributed by atoms with Crippen molar-refractivity contribution in [2.45, 2.75) is 96.7 Å². The van der Waals surface area contributed by atoms with E-state index in [9.17, 15) is 9.59 Å². The molecule has 166 valence electrons. The molecule has 0 unspecified atom stereocenters. The first-order valence-electron chi connectivity index (χ1n) is 11.8. The summed E-state index contributed by atoms with van der Waals surface area (Å²) >= 11 is 0. The number of furan rings is 1. The smallest absolute Gasteiger partial charge is 0.291 e. The van der Waals surface area contributed by atoms with Gasteiger partial charge >= 0.3 is 0 Å². The fourth-order valence-electron chi connectivity index (χ4n) is 5.76. The molecule has 0 radical (unpaired) electrons. The molecule has 3 aromatic rings. The number of hydrogen-bond acceptors (Lipinski definition) is 4. The van der Waals surface area contributed by atoms with Crippen LogP contribution in [-0.4, -0.2) is 37.1 Å². The zero-order valence-corrected chi connectivity index (χ0v) is 18.6. The molecule has 2 aliphatic rings. The number of fused-ring (bicyclic) bond motifs is 3. The summed E-state index contributed by atoms with van der Waals surface area (Å²) in [4.78, 5) is 28.9. The summed E-state index contributed by atoms with van der Waals surface area (Å²) in [5.74, 6) is 1.53. The summed E-state index contributed by atoms with van der Waals surface area (Å²) in [6, 6.07) is 4.30. The molecule has 0 aliphatic heterocycles. The lowest BCUT2D eigenvalue weighted by Gasteiger charge is -2.41. The largest absolute Gasteiger partial charge is 0.460 e. The van der Waals surface area contributed by atoms with Gasteiger partial charge in [-0.2, -0.15) is 5.10 Å². The number of aromatic nitrogens is 3. The van der Waals surface area contributed by atoms with Crippen LogP contribution in [0.5, 0.6) is 0 Å². The zero-order valence-electron chi connectivity index (χ0n) is 18.6. The molecular weight excluding hydrogens is 392 g/mol. The summed E-state index contributed by atoms with van der Waals surface area (Å²) in [5, 5.41) is 4.52. The molecule has 2 saturated carbocycles. The Morgan fingerprint density at radius 1 is 1.00 bits per heavy atom. The molecule has 5 rings (SSSR count). The second-order valence-corrected chi connectivity index (χ2v) is 9.37. The van der Waals surface area contributed by atoms with Crippen LogP contribution in [0.3, 0.4) is 0 Å². The third kappa shape index (κ3) is 3.68. The maximum absolute atomic E-state index is 13.6. The van der Waals surface area contributed by atoms with Gasteiger partial charge in [0, 0.05) is 24.2 Å². The molecular formula is C24H32N4O3. The number of amides is 1. The van der Waals surface area contributed by atoms with Crippen LogP contribution >= 0.6 is 0 Å². The van der Waals surface area contributed by atoms with Crippen molar-refractivity contribution in [2.24, 2.45) is 0 Å². The lowest BCUT2D eigenvalue weighted by Crippen LogP contribution is -2.50. The Morgan fingerprint density at radius 2 is 1.61 bits per heavy atom. The van der Waals surface area contributed by atoms with E-state index in [4.69, 9.17) is 4.42 Å². The molecule has 1 amide bonds. The highest BCUT2D eigenvalue weighted by molar-refractivity contribution is 5.83. The van der Waals surface area contributed by atoms with E-state index in [1.54, 1.807) is 6.07 Å². The Morgan fingerprint density at radius 3 is 2.23 bits per heavy atom. The molecule has 3 aromatic heterocycles.